The molecule has 0 rings (SSSR count). The lowest BCUT2D eigenvalue weighted by Crippen LogP contribution is -2.48. The average Bonchev–Trinajstić information content (AvgIpc) is 3.13. The van der Waals surface area contributed by atoms with Crippen molar-refractivity contribution in [1.82, 2.24) is 5.32 Å². The van der Waals surface area contributed by atoms with E-state index in [1.165, 1.54) is 167 Å². The lowest BCUT2D eigenvalue weighted by Gasteiger charge is -2.21. The summed E-state index contributed by atoms with van der Waals surface area (Å²) in [7, 11) is 0. The molecule has 0 radical (unpaired) electrons. The fourth-order valence-corrected chi connectivity index (χ4v) is 6.67. The summed E-state index contributed by atoms with van der Waals surface area (Å²) in [6, 6.07) is -0.816. The maximum Gasteiger partial charge on any atom is 0.249 e. The van der Waals surface area contributed by atoms with Gasteiger partial charge < -0.3 is 20.6 Å². The number of rotatable bonds is 40. The van der Waals surface area contributed by atoms with Crippen molar-refractivity contribution >= 4 is 5.91 Å². The third-order valence-corrected chi connectivity index (χ3v) is 10.2. The van der Waals surface area contributed by atoms with Crippen LogP contribution >= 0.6 is 0 Å². The first-order valence-electron chi connectivity index (χ1n) is 22.3. The van der Waals surface area contributed by atoms with Crippen molar-refractivity contribution in [1.29, 1.82) is 0 Å². The number of aliphatic hydroxyl groups is 3. The van der Waals surface area contributed by atoms with E-state index in [4.69, 9.17) is 0 Å². The molecule has 0 spiro atoms. The Balaban J connectivity index is 3.71. The molecular weight excluding hydrogens is 631 g/mol. The summed E-state index contributed by atoms with van der Waals surface area (Å²) >= 11 is 0. The number of carbonyl (C=O) groups is 1. The molecule has 0 aliphatic carbocycles. The van der Waals surface area contributed by atoms with Gasteiger partial charge in [-0.3, -0.25) is 4.79 Å². The van der Waals surface area contributed by atoms with Crippen LogP contribution in [-0.4, -0.2) is 46.1 Å². The topological polar surface area (TPSA) is 89.8 Å². The molecule has 5 nitrogen and oxygen atoms in total. The van der Waals surface area contributed by atoms with Crippen LogP contribution in [0.3, 0.4) is 0 Å². The molecule has 1 amide bonds. The van der Waals surface area contributed by atoms with Crippen LogP contribution in [-0.2, 0) is 4.79 Å². The molecule has 300 valence electrons. The Labute approximate surface area is 317 Å². The predicted molar refractivity (Wildman–Crippen MR) is 222 cm³/mol. The van der Waals surface area contributed by atoms with Crippen molar-refractivity contribution in [3.8, 4) is 0 Å². The maximum absolute atomic E-state index is 12.5. The van der Waals surface area contributed by atoms with Crippen molar-refractivity contribution in [3.05, 3.63) is 36.5 Å². The molecule has 5 heteroatoms. The molecule has 0 bridgehead atoms. The number of unbranched alkanes of at least 4 members (excludes halogenated alkanes) is 28. The SMILES string of the molecule is CCCCCCCCCCCC/C=C/CC/C=C/C(O)C(CO)NC(=O)C(O)CCCCCCCC/C=C\CCCCCCCCCCCCC. The highest BCUT2D eigenvalue weighted by atomic mass is 16.3. The number of nitrogens with one attached hydrogen (secondary N) is 1. The number of amides is 1. The van der Waals surface area contributed by atoms with Gasteiger partial charge in [-0.2, -0.15) is 0 Å². The van der Waals surface area contributed by atoms with E-state index in [1.54, 1.807) is 6.08 Å². The molecule has 3 atom stereocenters. The first kappa shape index (κ1) is 49.6. The first-order valence-corrected chi connectivity index (χ1v) is 22.3. The van der Waals surface area contributed by atoms with Gasteiger partial charge in [0, 0.05) is 0 Å². The van der Waals surface area contributed by atoms with Gasteiger partial charge in [0.25, 0.3) is 0 Å². The molecular formula is C46H87NO4. The summed E-state index contributed by atoms with van der Waals surface area (Å²) in [4.78, 5) is 12.5. The third-order valence-electron chi connectivity index (χ3n) is 10.2. The van der Waals surface area contributed by atoms with Gasteiger partial charge in [-0.1, -0.05) is 204 Å². The lowest BCUT2D eigenvalue weighted by molar-refractivity contribution is -0.131. The highest BCUT2D eigenvalue weighted by molar-refractivity contribution is 5.80. The summed E-state index contributed by atoms with van der Waals surface area (Å²) in [6.07, 6.45) is 51.8. The smallest absolute Gasteiger partial charge is 0.249 e. The molecule has 0 saturated carbocycles. The Bertz CT molecular complexity index is 794. The van der Waals surface area contributed by atoms with Crippen molar-refractivity contribution in [2.75, 3.05) is 6.61 Å². The van der Waals surface area contributed by atoms with Gasteiger partial charge in [-0.05, 0) is 57.8 Å². The summed E-state index contributed by atoms with van der Waals surface area (Å²) in [6.45, 7) is 4.17. The molecule has 0 heterocycles. The second kappa shape index (κ2) is 41.3. The highest BCUT2D eigenvalue weighted by Crippen LogP contribution is 2.14. The van der Waals surface area contributed by atoms with E-state index in [1.807, 2.05) is 6.08 Å². The Morgan fingerprint density at radius 1 is 0.471 bits per heavy atom. The average molecular weight is 718 g/mol. The molecule has 0 aliphatic rings. The van der Waals surface area contributed by atoms with E-state index in [0.29, 0.717) is 6.42 Å². The van der Waals surface area contributed by atoms with E-state index in [-0.39, 0.29) is 6.61 Å². The van der Waals surface area contributed by atoms with Crippen molar-refractivity contribution < 1.29 is 20.1 Å². The quantitative estimate of drug-likeness (QED) is 0.0375. The first-order chi connectivity index (χ1) is 25.1. The van der Waals surface area contributed by atoms with Crippen LogP contribution < -0.4 is 5.32 Å². The summed E-state index contributed by atoms with van der Waals surface area (Å²) in [5.74, 6) is -0.517. The summed E-state index contributed by atoms with van der Waals surface area (Å²) < 4.78 is 0. The molecule has 0 aromatic heterocycles. The Hall–Kier alpha value is -1.43. The second-order valence-electron chi connectivity index (χ2n) is 15.2. The van der Waals surface area contributed by atoms with E-state index < -0.39 is 24.2 Å². The molecule has 3 unspecified atom stereocenters. The van der Waals surface area contributed by atoms with E-state index in [0.717, 1.165) is 38.5 Å². The van der Waals surface area contributed by atoms with Crippen molar-refractivity contribution in [2.45, 2.75) is 244 Å². The van der Waals surface area contributed by atoms with Crippen LogP contribution in [0.5, 0.6) is 0 Å². The molecule has 4 N–H and O–H groups in total. The van der Waals surface area contributed by atoms with Crippen LogP contribution in [0.15, 0.2) is 36.5 Å². The van der Waals surface area contributed by atoms with Crippen LogP contribution in [0.2, 0.25) is 0 Å². The van der Waals surface area contributed by atoms with Gasteiger partial charge in [-0.15, -0.1) is 0 Å². The van der Waals surface area contributed by atoms with Crippen LogP contribution in [0.4, 0.5) is 0 Å². The van der Waals surface area contributed by atoms with E-state index in [2.05, 4.69) is 43.5 Å². The summed E-state index contributed by atoms with van der Waals surface area (Å²) in [5.41, 5.74) is 0. The Morgan fingerprint density at radius 2 is 0.804 bits per heavy atom. The zero-order chi connectivity index (χ0) is 37.3. The van der Waals surface area contributed by atoms with Crippen molar-refractivity contribution in [3.63, 3.8) is 0 Å². The number of aliphatic hydroxyl groups excluding tert-OH is 3. The molecule has 0 saturated heterocycles. The summed E-state index contributed by atoms with van der Waals surface area (Å²) in [5, 5.41) is 33.1. The lowest BCUT2D eigenvalue weighted by atomic mass is 10.0. The molecule has 0 aromatic carbocycles. The maximum atomic E-state index is 12.5. The van der Waals surface area contributed by atoms with Gasteiger partial charge in [0.2, 0.25) is 5.91 Å². The number of carbonyl (C=O) groups excluding carboxylic acids is 1. The van der Waals surface area contributed by atoms with Crippen molar-refractivity contribution in [2.24, 2.45) is 0 Å². The van der Waals surface area contributed by atoms with E-state index >= 15 is 0 Å². The third kappa shape index (κ3) is 36.7. The number of hydrogen-bond donors (Lipinski definition) is 4. The zero-order valence-electron chi connectivity index (χ0n) is 34.0. The standard InChI is InChI=1S/C46H87NO4/c1-3-5-7-9-11-13-15-17-19-21-22-23-24-25-27-29-31-33-35-37-39-41-45(50)46(51)47-43(42-48)44(49)40-38-36-34-32-30-28-26-20-18-16-14-12-10-8-6-4-2/h24-25,30,32,38,40,43-45,48-50H,3-23,26-29,31,33-37,39,41-42H2,1-2H3,(H,47,51)/b25-24-,32-30+,40-38+. The fourth-order valence-electron chi connectivity index (χ4n) is 6.67. The minimum Gasteiger partial charge on any atom is -0.394 e. The second-order valence-corrected chi connectivity index (χ2v) is 15.2. The molecule has 0 aliphatic heterocycles. The zero-order valence-corrected chi connectivity index (χ0v) is 34.0. The largest absolute Gasteiger partial charge is 0.394 e. The van der Waals surface area contributed by atoms with E-state index in [9.17, 15) is 20.1 Å². The van der Waals surface area contributed by atoms with Gasteiger partial charge in [0.05, 0.1) is 18.8 Å². The van der Waals surface area contributed by atoms with Gasteiger partial charge in [0.15, 0.2) is 0 Å². The van der Waals surface area contributed by atoms with Gasteiger partial charge >= 0.3 is 0 Å². The van der Waals surface area contributed by atoms with Gasteiger partial charge in [-0.25, -0.2) is 0 Å². The molecule has 51 heavy (non-hydrogen) atoms. The van der Waals surface area contributed by atoms with Gasteiger partial charge in [0.1, 0.15) is 6.10 Å². The van der Waals surface area contributed by atoms with Crippen LogP contribution in [0.1, 0.15) is 226 Å². The van der Waals surface area contributed by atoms with Crippen LogP contribution in [0, 0.1) is 0 Å². The minimum absolute atomic E-state index is 0.378. The molecule has 0 aromatic rings. The Kier molecular flexibility index (Phi) is 40.2. The fraction of sp³-hybridized carbons (Fsp3) is 0.848. The van der Waals surface area contributed by atoms with Crippen LogP contribution in [0.25, 0.3) is 0 Å². The number of allylic oxidation sites excluding steroid dienone is 5. The normalized spacial score (nSPS) is 13.9. The monoisotopic (exact) mass is 718 g/mol. The number of hydrogen-bond acceptors (Lipinski definition) is 4. The predicted octanol–water partition coefficient (Wildman–Crippen LogP) is 12.8. The highest BCUT2D eigenvalue weighted by Gasteiger charge is 2.22. The minimum atomic E-state index is -1.11. The Morgan fingerprint density at radius 3 is 1.20 bits per heavy atom. The molecule has 0 fully saturated rings.